The molecule has 15 heavy (non-hydrogen) atoms. The van der Waals surface area contributed by atoms with Crippen molar-refractivity contribution >= 4 is 0 Å². The summed E-state index contributed by atoms with van der Waals surface area (Å²) in [5.74, 6) is 1.09. The number of allylic oxidation sites excluding steroid dienone is 2. The van der Waals surface area contributed by atoms with Crippen molar-refractivity contribution in [3.63, 3.8) is 0 Å². The van der Waals surface area contributed by atoms with Gasteiger partial charge in [0, 0.05) is 11.6 Å². The summed E-state index contributed by atoms with van der Waals surface area (Å²) in [5.41, 5.74) is 9.86. The molecule has 1 aliphatic carbocycles. The molecule has 0 amide bonds. The lowest BCUT2D eigenvalue weighted by molar-refractivity contribution is 0.447. The van der Waals surface area contributed by atoms with E-state index in [4.69, 9.17) is 5.73 Å². The van der Waals surface area contributed by atoms with Gasteiger partial charge in [-0.05, 0) is 31.2 Å². The zero-order chi connectivity index (χ0) is 10.8. The molecule has 2 unspecified atom stereocenters. The third-order valence-electron chi connectivity index (χ3n) is 3.33. The number of aryl methyl sites for hydroxylation is 1. The van der Waals surface area contributed by atoms with Gasteiger partial charge in [0.2, 0.25) is 0 Å². The van der Waals surface area contributed by atoms with E-state index in [1.54, 1.807) is 0 Å². The standard InChI is InChI=1S/C14H19N/c1-10-5-3-7-12(9-10)14-11(2)6-4-8-13(14)15/h3,5,7-9,11,14H,4,6,15H2,1-2H3. The number of nitrogens with two attached hydrogens (primary N) is 1. The van der Waals surface area contributed by atoms with Crippen LogP contribution in [-0.2, 0) is 0 Å². The first-order valence-electron chi connectivity index (χ1n) is 5.70. The first kappa shape index (κ1) is 10.3. The normalized spacial score (nSPS) is 26.1. The van der Waals surface area contributed by atoms with Gasteiger partial charge in [0.05, 0.1) is 0 Å². The van der Waals surface area contributed by atoms with Gasteiger partial charge in [-0.2, -0.15) is 0 Å². The van der Waals surface area contributed by atoms with Gasteiger partial charge in [-0.15, -0.1) is 0 Å². The zero-order valence-electron chi connectivity index (χ0n) is 9.53. The van der Waals surface area contributed by atoms with Gasteiger partial charge in [-0.1, -0.05) is 42.8 Å². The molecule has 1 aliphatic rings. The van der Waals surface area contributed by atoms with Crippen molar-refractivity contribution in [2.24, 2.45) is 11.7 Å². The minimum atomic E-state index is 0.429. The molecule has 1 heteroatoms. The minimum Gasteiger partial charge on any atom is -0.402 e. The van der Waals surface area contributed by atoms with Gasteiger partial charge < -0.3 is 5.73 Å². The van der Waals surface area contributed by atoms with Gasteiger partial charge in [0.15, 0.2) is 0 Å². The molecule has 0 heterocycles. The Bertz CT molecular complexity index is 379. The van der Waals surface area contributed by atoms with Gasteiger partial charge in [-0.3, -0.25) is 0 Å². The van der Waals surface area contributed by atoms with E-state index in [0.717, 1.165) is 12.1 Å². The Morgan fingerprint density at radius 1 is 1.33 bits per heavy atom. The Labute approximate surface area is 92.0 Å². The van der Waals surface area contributed by atoms with Gasteiger partial charge in [0.25, 0.3) is 0 Å². The summed E-state index contributed by atoms with van der Waals surface area (Å²) >= 11 is 0. The van der Waals surface area contributed by atoms with Crippen molar-refractivity contribution in [2.75, 3.05) is 0 Å². The van der Waals surface area contributed by atoms with E-state index >= 15 is 0 Å². The van der Waals surface area contributed by atoms with Crippen LogP contribution in [0.5, 0.6) is 0 Å². The van der Waals surface area contributed by atoms with Crippen molar-refractivity contribution < 1.29 is 0 Å². The van der Waals surface area contributed by atoms with Crippen molar-refractivity contribution in [1.29, 1.82) is 0 Å². The van der Waals surface area contributed by atoms with Gasteiger partial charge in [0.1, 0.15) is 0 Å². The van der Waals surface area contributed by atoms with E-state index < -0.39 is 0 Å². The van der Waals surface area contributed by atoms with Crippen molar-refractivity contribution in [1.82, 2.24) is 0 Å². The topological polar surface area (TPSA) is 26.0 Å². The summed E-state index contributed by atoms with van der Waals surface area (Å²) < 4.78 is 0. The van der Waals surface area contributed by atoms with Gasteiger partial charge >= 0.3 is 0 Å². The average Bonchev–Trinajstić information content (AvgIpc) is 2.17. The van der Waals surface area contributed by atoms with Crippen LogP contribution in [-0.4, -0.2) is 0 Å². The maximum absolute atomic E-state index is 6.11. The third kappa shape index (κ3) is 2.06. The van der Waals surface area contributed by atoms with E-state index in [-0.39, 0.29) is 0 Å². The maximum atomic E-state index is 6.11. The fourth-order valence-electron chi connectivity index (χ4n) is 2.52. The van der Waals surface area contributed by atoms with E-state index in [9.17, 15) is 0 Å². The van der Waals surface area contributed by atoms with Crippen molar-refractivity contribution in [3.05, 3.63) is 47.2 Å². The predicted octanol–water partition coefficient (Wildman–Crippen LogP) is 3.35. The maximum Gasteiger partial charge on any atom is 0.0258 e. The van der Waals surface area contributed by atoms with Crippen molar-refractivity contribution in [3.8, 4) is 0 Å². The largest absolute Gasteiger partial charge is 0.402 e. The Hall–Kier alpha value is -1.24. The molecule has 1 nitrogen and oxygen atoms in total. The molecule has 0 saturated heterocycles. The Morgan fingerprint density at radius 2 is 2.13 bits per heavy atom. The predicted molar refractivity (Wildman–Crippen MR) is 64.6 cm³/mol. The van der Waals surface area contributed by atoms with Crippen molar-refractivity contribution in [2.45, 2.75) is 32.6 Å². The van der Waals surface area contributed by atoms with Crippen LogP contribution >= 0.6 is 0 Å². The highest BCUT2D eigenvalue weighted by Gasteiger charge is 2.24. The summed E-state index contributed by atoms with van der Waals surface area (Å²) in [7, 11) is 0. The monoisotopic (exact) mass is 201 g/mol. The third-order valence-corrected chi connectivity index (χ3v) is 3.33. The van der Waals surface area contributed by atoms with Crippen LogP contribution in [0.15, 0.2) is 36.0 Å². The fraction of sp³-hybridized carbons (Fsp3) is 0.429. The van der Waals surface area contributed by atoms with Gasteiger partial charge in [-0.25, -0.2) is 0 Å². The molecule has 0 spiro atoms. The molecule has 0 aliphatic heterocycles. The Morgan fingerprint density at radius 3 is 2.80 bits per heavy atom. The van der Waals surface area contributed by atoms with Crippen LogP contribution in [0.2, 0.25) is 0 Å². The van der Waals surface area contributed by atoms with E-state index in [0.29, 0.717) is 11.8 Å². The van der Waals surface area contributed by atoms with E-state index in [1.807, 2.05) is 0 Å². The Balaban J connectivity index is 2.36. The molecule has 1 aromatic rings. The van der Waals surface area contributed by atoms with Crippen LogP contribution in [0.3, 0.4) is 0 Å². The highest BCUT2D eigenvalue weighted by molar-refractivity contribution is 5.32. The molecule has 0 aromatic heterocycles. The number of benzene rings is 1. The average molecular weight is 201 g/mol. The SMILES string of the molecule is Cc1cccc(C2C(N)=CCCC2C)c1. The van der Waals surface area contributed by atoms with Crippen LogP contribution < -0.4 is 5.73 Å². The summed E-state index contributed by atoms with van der Waals surface area (Å²) in [6, 6.07) is 8.71. The quantitative estimate of drug-likeness (QED) is 0.741. The highest BCUT2D eigenvalue weighted by atomic mass is 14.6. The molecular formula is C14H19N. The summed E-state index contributed by atoms with van der Waals surface area (Å²) in [6.45, 7) is 4.43. The lowest BCUT2D eigenvalue weighted by atomic mass is 9.78. The Kier molecular flexibility index (Phi) is 2.81. The molecule has 80 valence electrons. The molecule has 2 N–H and O–H groups in total. The van der Waals surface area contributed by atoms with Crippen LogP contribution in [0.4, 0.5) is 0 Å². The second-order valence-corrected chi connectivity index (χ2v) is 4.65. The lowest BCUT2D eigenvalue weighted by Gasteiger charge is -2.28. The number of hydrogen-bond donors (Lipinski definition) is 1. The molecule has 2 atom stereocenters. The fourth-order valence-corrected chi connectivity index (χ4v) is 2.52. The molecule has 0 fully saturated rings. The first-order valence-corrected chi connectivity index (χ1v) is 5.70. The first-order chi connectivity index (χ1) is 7.18. The molecule has 2 rings (SSSR count). The molecular weight excluding hydrogens is 182 g/mol. The smallest absolute Gasteiger partial charge is 0.0258 e. The minimum absolute atomic E-state index is 0.429. The van der Waals surface area contributed by atoms with E-state index in [1.165, 1.54) is 17.5 Å². The second kappa shape index (κ2) is 4.09. The molecule has 1 aromatic carbocycles. The van der Waals surface area contributed by atoms with Crippen LogP contribution in [0.1, 0.15) is 36.8 Å². The molecule has 0 radical (unpaired) electrons. The summed E-state index contributed by atoms with van der Waals surface area (Å²) in [5, 5.41) is 0. The number of rotatable bonds is 1. The second-order valence-electron chi connectivity index (χ2n) is 4.65. The number of hydrogen-bond acceptors (Lipinski definition) is 1. The summed E-state index contributed by atoms with van der Waals surface area (Å²) in [6.07, 6.45) is 4.57. The van der Waals surface area contributed by atoms with Crippen LogP contribution in [0.25, 0.3) is 0 Å². The summed E-state index contributed by atoms with van der Waals surface area (Å²) in [4.78, 5) is 0. The lowest BCUT2D eigenvalue weighted by Crippen LogP contribution is -2.21. The molecule has 0 bridgehead atoms. The van der Waals surface area contributed by atoms with Crippen LogP contribution in [0, 0.1) is 12.8 Å². The zero-order valence-corrected chi connectivity index (χ0v) is 9.53. The van der Waals surface area contributed by atoms with E-state index in [2.05, 4.69) is 44.2 Å². The highest BCUT2D eigenvalue weighted by Crippen LogP contribution is 2.36. The molecule has 0 saturated carbocycles.